The Morgan fingerprint density at radius 3 is 3.00 bits per heavy atom. The van der Waals surface area contributed by atoms with Gasteiger partial charge in [0.05, 0.1) is 6.54 Å². The predicted octanol–water partition coefficient (Wildman–Crippen LogP) is -0.277. The van der Waals surface area contributed by atoms with Crippen molar-refractivity contribution in [2.45, 2.75) is 32.2 Å². The van der Waals surface area contributed by atoms with E-state index in [1.807, 2.05) is 0 Å². The molecule has 2 N–H and O–H groups in total. The fourth-order valence-electron chi connectivity index (χ4n) is 2.61. The predicted molar refractivity (Wildman–Crippen MR) is 64.4 cm³/mol. The lowest BCUT2D eigenvalue weighted by Crippen LogP contribution is -2.46. The molecule has 5 nitrogen and oxygen atoms in total. The number of nitrogens with zero attached hydrogens (tertiary/aromatic N) is 1. The fourth-order valence-corrected chi connectivity index (χ4v) is 2.61. The van der Waals surface area contributed by atoms with Crippen LogP contribution in [0.5, 0.6) is 0 Å². The molecule has 0 aromatic rings. The normalized spacial score (nSPS) is 30.6. The van der Waals surface area contributed by atoms with E-state index in [1.165, 1.54) is 0 Å². The molecule has 0 spiro atoms. The van der Waals surface area contributed by atoms with Gasteiger partial charge in [-0.1, -0.05) is 0 Å². The molecule has 0 saturated carbocycles. The second-order valence-electron chi connectivity index (χ2n) is 5.04. The third-order valence-electron chi connectivity index (χ3n) is 3.55. The summed E-state index contributed by atoms with van der Waals surface area (Å²) in [7, 11) is 0. The Hall–Kier alpha value is -1.10. The molecule has 0 radical (unpaired) electrons. The molecule has 2 atom stereocenters. The van der Waals surface area contributed by atoms with Crippen molar-refractivity contribution in [2.24, 2.45) is 5.92 Å². The third kappa shape index (κ3) is 3.19. The topological polar surface area (TPSA) is 61.4 Å². The maximum absolute atomic E-state index is 12.3. The largest absolute Gasteiger partial charge is 0.354 e. The van der Waals surface area contributed by atoms with Gasteiger partial charge >= 0.3 is 0 Å². The molecule has 2 amide bonds. The molecule has 2 rings (SSSR count). The quantitative estimate of drug-likeness (QED) is 0.662. The Balaban J connectivity index is 1.95. The van der Waals surface area contributed by atoms with Gasteiger partial charge in [-0.3, -0.25) is 9.59 Å². The molecule has 2 aliphatic rings. The minimum absolute atomic E-state index is 0.0298. The van der Waals surface area contributed by atoms with E-state index in [2.05, 4.69) is 17.6 Å². The standard InChI is InChI=1S/C12H21N3O2/c1-9-7-10(3-5-13-9)12(17)15-6-2-4-14-11(16)8-15/h9-10,13H,2-8H2,1H3,(H,14,16). The lowest BCUT2D eigenvalue weighted by atomic mass is 9.92. The van der Waals surface area contributed by atoms with Crippen LogP contribution in [-0.2, 0) is 9.59 Å². The van der Waals surface area contributed by atoms with Crippen molar-refractivity contribution in [3.63, 3.8) is 0 Å². The summed E-state index contributed by atoms with van der Waals surface area (Å²) in [5, 5.41) is 6.14. The summed E-state index contributed by atoms with van der Waals surface area (Å²) in [5.74, 6) is 0.227. The van der Waals surface area contributed by atoms with Crippen molar-refractivity contribution in [1.29, 1.82) is 0 Å². The van der Waals surface area contributed by atoms with E-state index in [9.17, 15) is 9.59 Å². The van der Waals surface area contributed by atoms with Crippen LogP contribution in [-0.4, -0.2) is 48.9 Å². The van der Waals surface area contributed by atoms with Gasteiger partial charge in [-0.15, -0.1) is 0 Å². The number of carbonyl (C=O) groups excluding carboxylic acids is 2. The van der Waals surface area contributed by atoms with E-state index in [4.69, 9.17) is 0 Å². The molecule has 2 saturated heterocycles. The highest BCUT2D eigenvalue weighted by Gasteiger charge is 2.29. The molecule has 96 valence electrons. The van der Waals surface area contributed by atoms with Crippen LogP contribution in [0.4, 0.5) is 0 Å². The van der Waals surface area contributed by atoms with Gasteiger partial charge in [0, 0.05) is 25.0 Å². The van der Waals surface area contributed by atoms with Crippen molar-refractivity contribution in [3.8, 4) is 0 Å². The Morgan fingerprint density at radius 2 is 2.24 bits per heavy atom. The third-order valence-corrected chi connectivity index (χ3v) is 3.55. The Morgan fingerprint density at radius 1 is 1.41 bits per heavy atom. The second-order valence-corrected chi connectivity index (χ2v) is 5.04. The van der Waals surface area contributed by atoms with Crippen LogP contribution in [0.15, 0.2) is 0 Å². The van der Waals surface area contributed by atoms with E-state index in [-0.39, 0.29) is 24.3 Å². The molecule has 2 aliphatic heterocycles. The zero-order valence-corrected chi connectivity index (χ0v) is 10.4. The summed E-state index contributed by atoms with van der Waals surface area (Å²) < 4.78 is 0. The van der Waals surface area contributed by atoms with E-state index in [1.54, 1.807) is 4.90 Å². The van der Waals surface area contributed by atoms with Gasteiger partial charge < -0.3 is 15.5 Å². The lowest BCUT2D eigenvalue weighted by molar-refractivity contribution is -0.139. The molecule has 0 aliphatic carbocycles. The van der Waals surface area contributed by atoms with E-state index < -0.39 is 0 Å². The van der Waals surface area contributed by atoms with Crippen LogP contribution >= 0.6 is 0 Å². The number of hydrogen-bond acceptors (Lipinski definition) is 3. The summed E-state index contributed by atoms with van der Waals surface area (Å²) in [6.45, 7) is 4.63. The van der Waals surface area contributed by atoms with Crippen LogP contribution in [0, 0.1) is 5.92 Å². The molecular formula is C12H21N3O2. The monoisotopic (exact) mass is 239 g/mol. The zero-order valence-electron chi connectivity index (χ0n) is 10.4. The van der Waals surface area contributed by atoms with Crippen LogP contribution in [0.3, 0.4) is 0 Å². The smallest absolute Gasteiger partial charge is 0.239 e. The molecule has 2 fully saturated rings. The van der Waals surface area contributed by atoms with Crippen LogP contribution < -0.4 is 10.6 Å². The lowest BCUT2D eigenvalue weighted by Gasteiger charge is -2.31. The Kier molecular flexibility index (Phi) is 3.99. The van der Waals surface area contributed by atoms with Gasteiger partial charge in [0.15, 0.2) is 0 Å². The highest BCUT2D eigenvalue weighted by atomic mass is 16.2. The molecule has 17 heavy (non-hydrogen) atoms. The molecule has 0 aromatic carbocycles. The average Bonchev–Trinajstić information content (AvgIpc) is 2.53. The number of piperidine rings is 1. The molecule has 2 heterocycles. The summed E-state index contributed by atoms with van der Waals surface area (Å²) in [6.07, 6.45) is 2.64. The highest BCUT2D eigenvalue weighted by Crippen LogP contribution is 2.19. The minimum Gasteiger partial charge on any atom is -0.354 e. The van der Waals surface area contributed by atoms with Crippen molar-refractivity contribution in [3.05, 3.63) is 0 Å². The maximum Gasteiger partial charge on any atom is 0.239 e. The molecular weight excluding hydrogens is 218 g/mol. The first-order valence-corrected chi connectivity index (χ1v) is 6.45. The van der Waals surface area contributed by atoms with Crippen molar-refractivity contribution in [1.82, 2.24) is 15.5 Å². The first-order valence-electron chi connectivity index (χ1n) is 6.45. The van der Waals surface area contributed by atoms with E-state index >= 15 is 0 Å². The summed E-state index contributed by atoms with van der Waals surface area (Å²) in [5.41, 5.74) is 0. The molecule has 0 aromatic heterocycles. The Bertz CT molecular complexity index is 306. The summed E-state index contributed by atoms with van der Waals surface area (Å²) >= 11 is 0. The summed E-state index contributed by atoms with van der Waals surface area (Å²) in [6, 6.07) is 0.401. The molecule has 5 heteroatoms. The number of nitrogens with one attached hydrogen (secondary N) is 2. The van der Waals surface area contributed by atoms with Crippen molar-refractivity contribution < 1.29 is 9.59 Å². The first kappa shape index (κ1) is 12.4. The zero-order chi connectivity index (χ0) is 12.3. The van der Waals surface area contributed by atoms with E-state index in [0.29, 0.717) is 19.1 Å². The van der Waals surface area contributed by atoms with Gasteiger partial charge in [0.2, 0.25) is 11.8 Å². The van der Waals surface area contributed by atoms with Crippen LogP contribution in [0.25, 0.3) is 0 Å². The SMILES string of the molecule is CC1CC(C(=O)N2CCCNC(=O)C2)CCN1. The maximum atomic E-state index is 12.3. The average molecular weight is 239 g/mol. The van der Waals surface area contributed by atoms with Gasteiger partial charge in [-0.2, -0.15) is 0 Å². The Labute approximate surface area is 102 Å². The fraction of sp³-hybridized carbons (Fsp3) is 0.833. The van der Waals surface area contributed by atoms with Crippen molar-refractivity contribution >= 4 is 11.8 Å². The van der Waals surface area contributed by atoms with Crippen LogP contribution in [0.2, 0.25) is 0 Å². The first-order chi connectivity index (χ1) is 8.16. The van der Waals surface area contributed by atoms with Gasteiger partial charge in [0.25, 0.3) is 0 Å². The van der Waals surface area contributed by atoms with Gasteiger partial charge in [-0.25, -0.2) is 0 Å². The molecule has 0 bridgehead atoms. The number of rotatable bonds is 1. The molecule has 2 unspecified atom stereocenters. The minimum atomic E-state index is -0.0298. The number of hydrogen-bond donors (Lipinski definition) is 2. The van der Waals surface area contributed by atoms with Crippen molar-refractivity contribution in [2.75, 3.05) is 26.2 Å². The highest BCUT2D eigenvalue weighted by molar-refractivity contribution is 5.86. The van der Waals surface area contributed by atoms with Gasteiger partial charge in [0.1, 0.15) is 0 Å². The number of amides is 2. The van der Waals surface area contributed by atoms with Gasteiger partial charge in [-0.05, 0) is 32.7 Å². The second kappa shape index (κ2) is 5.49. The van der Waals surface area contributed by atoms with Crippen LogP contribution in [0.1, 0.15) is 26.2 Å². The number of carbonyl (C=O) groups is 2. The summed E-state index contributed by atoms with van der Waals surface area (Å²) in [4.78, 5) is 25.5. The van der Waals surface area contributed by atoms with E-state index in [0.717, 1.165) is 25.8 Å².